The lowest BCUT2D eigenvalue weighted by molar-refractivity contribution is -0.151. The van der Waals surface area contributed by atoms with Crippen LogP contribution in [0.4, 0.5) is 5.69 Å². The first-order valence-electron chi connectivity index (χ1n) is 14.3. The largest absolute Gasteiger partial charge is 0.494 e. The van der Waals surface area contributed by atoms with Crippen LogP contribution in [0.5, 0.6) is 5.75 Å². The van der Waals surface area contributed by atoms with Gasteiger partial charge in [0.05, 0.1) is 36.7 Å². The molecule has 9 heteroatoms. The molecule has 1 aromatic carbocycles. The minimum Gasteiger partial charge on any atom is -0.494 e. The number of hydrogen-bond acceptors (Lipinski definition) is 6. The molecule has 0 saturated carbocycles. The SMILES string of the molecule is CCOc1ccc(NC(=O)[C@H]2[C@H]3C(=O)N([C@@H](CO)CC(C)C)C(C(=O)NC(C)(C)C)C34CC[C@]2(CC)O4)cc1. The Bertz CT molecular complexity index is 1080. The molecule has 3 amide bonds. The third-order valence-corrected chi connectivity index (χ3v) is 8.43. The first-order chi connectivity index (χ1) is 18.3. The Morgan fingerprint density at radius 2 is 1.82 bits per heavy atom. The number of anilines is 1. The number of benzene rings is 1. The van der Waals surface area contributed by atoms with Gasteiger partial charge in [-0.05, 0) is 83.6 Å². The maximum Gasteiger partial charge on any atom is 0.246 e. The fourth-order valence-electron chi connectivity index (χ4n) is 7.03. The van der Waals surface area contributed by atoms with Gasteiger partial charge in [0.1, 0.15) is 17.4 Å². The first-order valence-corrected chi connectivity index (χ1v) is 14.3. The maximum absolute atomic E-state index is 14.3. The van der Waals surface area contributed by atoms with Gasteiger partial charge >= 0.3 is 0 Å². The molecular formula is C30H45N3O6. The van der Waals surface area contributed by atoms with Gasteiger partial charge in [0.15, 0.2) is 0 Å². The minimum atomic E-state index is -1.13. The van der Waals surface area contributed by atoms with Crippen molar-refractivity contribution in [3.8, 4) is 5.75 Å². The molecule has 1 aromatic rings. The van der Waals surface area contributed by atoms with E-state index in [9.17, 15) is 19.5 Å². The standard InChI is InChI=1S/C30H45N3O6/c1-8-29-14-15-30(39-29)23(22(29)25(35)31-19-10-12-21(13-11-19)38-9-2)27(37)33(20(17-34)16-18(3)4)24(30)26(36)32-28(5,6)7/h10-13,18,20,22-24,34H,8-9,14-17H2,1-7H3,(H,31,35)(H,32,36)/t20-,22-,23+,24?,29+,30?/m1/s1. The Morgan fingerprint density at radius 3 is 2.36 bits per heavy atom. The molecule has 3 aliphatic heterocycles. The lowest BCUT2D eigenvalue weighted by Crippen LogP contribution is -2.60. The van der Waals surface area contributed by atoms with Crippen molar-refractivity contribution in [3.63, 3.8) is 0 Å². The molecule has 0 aromatic heterocycles. The molecule has 3 saturated heterocycles. The maximum atomic E-state index is 14.3. The first kappa shape index (κ1) is 29.3. The van der Waals surface area contributed by atoms with Crippen molar-refractivity contribution in [3.05, 3.63) is 24.3 Å². The van der Waals surface area contributed by atoms with E-state index >= 15 is 0 Å². The second-order valence-electron chi connectivity index (χ2n) is 12.7. The molecule has 2 bridgehead atoms. The molecule has 2 unspecified atom stereocenters. The van der Waals surface area contributed by atoms with Crippen LogP contribution in [-0.2, 0) is 19.1 Å². The topological polar surface area (TPSA) is 117 Å². The monoisotopic (exact) mass is 543 g/mol. The predicted molar refractivity (Wildman–Crippen MR) is 148 cm³/mol. The molecule has 39 heavy (non-hydrogen) atoms. The summed E-state index contributed by atoms with van der Waals surface area (Å²) in [5, 5.41) is 16.4. The Kier molecular flexibility index (Phi) is 8.07. The number of rotatable bonds is 10. The number of nitrogens with one attached hydrogen (secondary N) is 2. The number of fused-ring (bicyclic) bond motifs is 1. The van der Waals surface area contributed by atoms with E-state index in [0.29, 0.717) is 43.7 Å². The van der Waals surface area contributed by atoms with Gasteiger partial charge in [0.25, 0.3) is 0 Å². The number of carbonyl (C=O) groups excluding carboxylic acids is 3. The average Bonchev–Trinajstić information content (AvgIpc) is 3.46. The summed E-state index contributed by atoms with van der Waals surface area (Å²) in [4.78, 5) is 43.7. The minimum absolute atomic E-state index is 0.192. The highest BCUT2D eigenvalue weighted by Crippen LogP contribution is 2.64. The van der Waals surface area contributed by atoms with Crippen LogP contribution in [0.2, 0.25) is 0 Å². The van der Waals surface area contributed by atoms with Gasteiger partial charge in [-0.3, -0.25) is 14.4 Å². The number of hydrogen-bond donors (Lipinski definition) is 3. The Labute approximate surface area is 232 Å². The molecule has 3 aliphatic rings. The molecule has 1 spiro atoms. The second-order valence-corrected chi connectivity index (χ2v) is 12.7. The summed E-state index contributed by atoms with van der Waals surface area (Å²) >= 11 is 0. The fourth-order valence-corrected chi connectivity index (χ4v) is 7.03. The molecule has 0 aliphatic carbocycles. The Morgan fingerprint density at radius 1 is 1.15 bits per heavy atom. The van der Waals surface area contributed by atoms with Crippen LogP contribution in [-0.4, -0.2) is 69.8 Å². The fraction of sp³-hybridized carbons (Fsp3) is 0.700. The highest BCUT2D eigenvalue weighted by molar-refractivity contribution is 6.02. The van der Waals surface area contributed by atoms with Crippen molar-refractivity contribution in [1.29, 1.82) is 0 Å². The highest BCUT2D eigenvalue weighted by atomic mass is 16.5. The van der Waals surface area contributed by atoms with Crippen LogP contribution >= 0.6 is 0 Å². The molecule has 3 heterocycles. The van der Waals surface area contributed by atoms with E-state index in [1.807, 2.05) is 48.5 Å². The molecule has 0 radical (unpaired) electrons. The Hall–Kier alpha value is -2.65. The molecule has 9 nitrogen and oxygen atoms in total. The molecule has 4 rings (SSSR count). The zero-order valence-corrected chi connectivity index (χ0v) is 24.4. The van der Waals surface area contributed by atoms with Crippen molar-refractivity contribution in [2.45, 2.75) is 103 Å². The number of likely N-dealkylation sites (tertiary alicyclic amines) is 1. The molecular weight excluding hydrogens is 498 g/mol. The summed E-state index contributed by atoms with van der Waals surface area (Å²) in [6, 6.07) is 5.65. The molecule has 3 fully saturated rings. The Balaban J connectivity index is 1.74. The smallest absolute Gasteiger partial charge is 0.246 e. The van der Waals surface area contributed by atoms with Crippen molar-refractivity contribution in [2.24, 2.45) is 17.8 Å². The van der Waals surface area contributed by atoms with Crippen LogP contribution in [0.15, 0.2) is 24.3 Å². The van der Waals surface area contributed by atoms with Crippen LogP contribution in [0, 0.1) is 17.8 Å². The zero-order chi connectivity index (χ0) is 28.8. The number of aliphatic hydroxyl groups is 1. The van der Waals surface area contributed by atoms with Crippen LogP contribution < -0.4 is 15.4 Å². The number of carbonyl (C=O) groups is 3. The van der Waals surface area contributed by atoms with Gasteiger partial charge < -0.3 is 30.1 Å². The number of ether oxygens (including phenoxy) is 2. The summed E-state index contributed by atoms with van der Waals surface area (Å²) in [6.45, 7) is 13.9. The van der Waals surface area contributed by atoms with E-state index < -0.39 is 40.7 Å². The van der Waals surface area contributed by atoms with E-state index in [1.165, 1.54) is 0 Å². The molecule has 6 atom stereocenters. The summed E-state index contributed by atoms with van der Waals surface area (Å²) in [5.41, 5.74) is -1.90. The van der Waals surface area contributed by atoms with Crippen LogP contribution in [0.25, 0.3) is 0 Å². The van der Waals surface area contributed by atoms with Crippen molar-refractivity contribution >= 4 is 23.4 Å². The quantitative estimate of drug-likeness (QED) is 0.416. The van der Waals surface area contributed by atoms with E-state index in [4.69, 9.17) is 9.47 Å². The van der Waals surface area contributed by atoms with Gasteiger partial charge in [-0.15, -0.1) is 0 Å². The van der Waals surface area contributed by atoms with Gasteiger partial charge in [0.2, 0.25) is 17.7 Å². The summed E-state index contributed by atoms with van der Waals surface area (Å²) in [5.74, 6) is -1.56. The third kappa shape index (κ3) is 5.15. The van der Waals surface area contributed by atoms with Crippen LogP contribution in [0.3, 0.4) is 0 Å². The second kappa shape index (κ2) is 10.7. The zero-order valence-electron chi connectivity index (χ0n) is 24.4. The van der Waals surface area contributed by atoms with E-state index in [0.717, 1.165) is 0 Å². The van der Waals surface area contributed by atoms with Gasteiger partial charge in [-0.2, -0.15) is 0 Å². The number of aliphatic hydroxyl groups excluding tert-OH is 1. The molecule has 3 N–H and O–H groups in total. The average molecular weight is 544 g/mol. The third-order valence-electron chi connectivity index (χ3n) is 8.43. The van der Waals surface area contributed by atoms with E-state index in [1.54, 1.807) is 29.2 Å². The number of amides is 3. The summed E-state index contributed by atoms with van der Waals surface area (Å²) < 4.78 is 12.3. The van der Waals surface area contributed by atoms with Crippen molar-refractivity contribution in [2.75, 3.05) is 18.5 Å². The lowest BCUT2D eigenvalue weighted by Gasteiger charge is -2.39. The summed E-state index contributed by atoms with van der Waals surface area (Å²) in [7, 11) is 0. The molecule has 216 valence electrons. The van der Waals surface area contributed by atoms with E-state index in [2.05, 4.69) is 10.6 Å². The normalized spacial score (nSPS) is 30.4. The van der Waals surface area contributed by atoms with Gasteiger partial charge in [0, 0.05) is 11.2 Å². The van der Waals surface area contributed by atoms with Crippen LogP contribution in [0.1, 0.15) is 74.1 Å². The highest BCUT2D eigenvalue weighted by Gasteiger charge is 2.79. The van der Waals surface area contributed by atoms with Gasteiger partial charge in [-0.1, -0.05) is 20.8 Å². The van der Waals surface area contributed by atoms with E-state index in [-0.39, 0.29) is 30.2 Å². The number of nitrogens with zero attached hydrogens (tertiary/aromatic N) is 1. The predicted octanol–water partition coefficient (Wildman–Crippen LogP) is 3.50. The van der Waals surface area contributed by atoms with Gasteiger partial charge in [-0.25, -0.2) is 0 Å². The van der Waals surface area contributed by atoms with Crippen molar-refractivity contribution < 1.29 is 29.0 Å². The summed E-state index contributed by atoms with van der Waals surface area (Å²) in [6.07, 6.45) is 2.16. The van der Waals surface area contributed by atoms with Crippen molar-refractivity contribution in [1.82, 2.24) is 10.2 Å². The lowest BCUT2D eigenvalue weighted by atomic mass is 9.65.